The van der Waals surface area contributed by atoms with Crippen LogP contribution in [0.15, 0.2) is 24.3 Å². The van der Waals surface area contributed by atoms with E-state index in [1.807, 2.05) is 0 Å². The van der Waals surface area contributed by atoms with E-state index in [9.17, 15) is 47.9 Å². The van der Waals surface area contributed by atoms with Crippen LogP contribution in [-0.2, 0) is 20.7 Å². The second-order valence-electron chi connectivity index (χ2n) is 4.97. The molecule has 0 atom stereocenters. The zero-order valence-corrected chi connectivity index (χ0v) is 12.9. The van der Waals surface area contributed by atoms with Gasteiger partial charge in [-0.15, -0.1) is 0 Å². The zero-order valence-electron chi connectivity index (χ0n) is 12.1. The Morgan fingerprint density at radius 2 is 1.24 bits per heavy atom. The molecule has 0 aliphatic carbocycles. The fraction of sp³-hybridized carbons (Fsp3) is 0.500. The fourth-order valence-corrected chi connectivity index (χ4v) is 2.43. The molecule has 3 nitrogen and oxygen atoms in total. The van der Waals surface area contributed by atoms with Crippen LogP contribution in [-0.4, -0.2) is 31.9 Å². The molecule has 0 aliphatic heterocycles. The minimum Gasteiger partial charge on any atom is -0.237 e. The van der Waals surface area contributed by atoms with E-state index in [4.69, 9.17) is 0 Å². The predicted molar refractivity (Wildman–Crippen MR) is 65.8 cm³/mol. The molecule has 0 aromatic heterocycles. The summed E-state index contributed by atoms with van der Waals surface area (Å²) in [5, 5.41) is 0. The summed E-state index contributed by atoms with van der Waals surface area (Å²) in [7, 11) is -7.19. The van der Waals surface area contributed by atoms with Crippen LogP contribution in [0.3, 0.4) is 0 Å². The monoisotopic (exact) mass is 404 g/mol. The topological polar surface area (TPSA) is 43.4 Å². The highest BCUT2D eigenvalue weighted by Gasteiger charge is 2.75. The van der Waals surface area contributed by atoms with E-state index in [2.05, 4.69) is 4.18 Å². The SMILES string of the molecule is Cc1ccc(CC(OS(=O)(=O)C(F)(F)F)(C(F)(F)F)C(F)(F)F)cc1. The van der Waals surface area contributed by atoms with Crippen molar-refractivity contribution in [2.45, 2.75) is 36.8 Å². The van der Waals surface area contributed by atoms with Crippen LogP contribution in [0.25, 0.3) is 0 Å². The summed E-state index contributed by atoms with van der Waals surface area (Å²) in [5.41, 5.74) is -12.3. The van der Waals surface area contributed by atoms with Crippen molar-refractivity contribution in [1.29, 1.82) is 0 Å². The maximum Gasteiger partial charge on any atom is 0.523 e. The molecule has 0 heterocycles. The first kappa shape index (κ1) is 21.5. The van der Waals surface area contributed by atoms with Crippen molar-refractivity contribution in [3.8, 4) is 0 Å². The second-order valence-corrected chi connectivity index (χ2v) is 6.51. The summed E-state index contributed by atoms with van der Waals surface area (Å²) < 4.78 is 140. The molecular weight excluding hydrogens is 395 g/mol. The smallest absolute Gasteiger partial charge is 0.237 e. The zero-order chi connectivity index (χ0) is 19.9. The number of hydrogen-bond acceptors (Lipinski definition) is 3. The van der Waals surface area contributed by atoms with E-state index >= 15 is 0 Å². The maximum atomic E-state index is 13.1. The highest BCUT2D eigenvalue weighted by atomic mass is 32.2. The average molecular weight is 404 g/mol. The number of rotatable bonds is 4. The molecule has 0 unspecified atom stereocenters. The molecule has 0 saturated carbocycles. The van der Waals surface area contributed by atoms with E-state index in [0.717, 1.165) is 24.3 Å². The van der Waals surface area contributed by atoms with Gasteiger partial charge in [0, 0.05) is 6.42 Å². The summed E-state index contributed by atoms with van der Waals surface area (Å²) in [5.74, 6) is 0. The van der Waals surface area contributed by atoms with Crippen molar-refractivity contribution < 1.29 is 52.1 Å². The molecule has 0 bridgehead atoms. The number of benzene rings is 1. The van der Waals surface area contributed by atoms with Crippen molar-refractivity contribution in [1.82, 2.24) is 0 Å². The molecule has 0 saturated heterocycles. The molecule has 0 N–H and O–H groups in total. The van der Waals surface area contributed by atoms with Crippen LogP contribution in [0.5, 0.6) is 0 Å². The number of halogens is 9. The molecule has 144 valence electrons. The third-order valence-electron chi connectivity index (χ3n) is 3.02. The molecule has 1 aromatic carbocycles. The van der Waals surface area contributed by atoms with E-state index < -0.39 is 45.6 Å². The normalized spacial score (nSPS) is 14.6. The Labute approximate surface area is 135 Å². The van der Waals surface area contributed by atoms with Gasteiger partial charge in [0.25, 0.3) is 5.60 Å². The molecule has 13 heteroatoms. The van der Waals surface area contributed by atoms with E-state index in [-0.39, 0.29) is 0 Å². The van der Waals surface area contributed by atoms with Gasteiger partial charge in [-0.3, -0.25) is 0 Å². The Morgan fingerprint density at radius 3 is 1.56 bits per heavy atom. The summed E-state index contributed by atoms with van der Waals surface area (Å²) in [6.45, 7) is 1.45. The third kappa shape index (κ3) is 4.37. The first-order chi connectivity index (χ1) is 10.9. The van der Waals surface area contributed by atoms with Crippen molar-refractivity contribution in [2.75, 3.05) is 0 Å². The molecule has 1 aromatic rings. The number of hydrogen-bond donors (Lipinski definition) is 0. The molecule has 25 heavy (non-hydrogen) atoms. The van der Waals surface area contributed by atoms with Crippen LogP contribution in [0.1, 0.15) is 11.1 Å². The molecule has 0 radical (unpaired) electrons. The van der Waals surface area contributed by atoms with Crippen molar-refractivity contribution in [3.05, 3.63) is 35.4 Å². The molecule has 1 rings (SSSR count). The highest BCUT2D eigenvalue weighted by Crippen LogP contribution is 2.50. The van der Waals surface area contributed by atoms with Gasteiger partial charge >= 0.3 is 28.0 Å². The quantitative estimate of drug-likeness (QED) is 0.428. The Hall–Kier alpha value is -1.50. The summed E-state index contributed by atoms with van der Waals surface area (Å²) >= 11 is 0. The number of alkyl halides is 9. The van der Waals surface area contributed by atoms with Crippen molar-refractivity contribution in [3.63, 3.8) is 0 Å². The molecule has 0 fully saturated rings. The Bertz CT molecular complexity index is 685. The van der Waals surface area contributed by atoms with Gasteiger partial charge in [-0.2, -0.15) is 47.9 Å². The van der Waals surface area contributed by atoms with Gasteiger partial charge in [-0.05, 0) is 12.5 Å². The maximum absolute atomic E-state index is 13.1. The van der Waals surface area contributed by atoms with Crippen LogP contribution in [0.2, 0.25) is 0 Å². The van der Waals surface area contributed by atoms with Crippen LogP contribution >= 0.6 is 0 Å². The highest BCUT2D eigenvalue weighted by molar-refractivity contribution is 7.87. The second kappa shape index (κ2) is 6.34. The number of aryl methyl sites for hydroxylation is 1. The van der Waals surface area contributed by atoms with Crippen molar-refractivity contribution >= 4 is 10.1 Å². The lowest BCUT2D eigenvalue weighted by atomic mass is 9.92. The van der Waals surface area contributed by atoms with E-state index in [0.29, 0.717) is 5.56 Å². The van der Waals surface area contributed by atoms with Crippen LogP contribution in [0, 0.1) is 6.92 Å². The Morgan fingerprint density at radius 1 is 0.840 bits per heavy atom. The Balaban J connectivity index is 3.57. The summed E-state index contributed by atoms with van der Waals surface area (Å²) in [4.78, 5) is 0. The lowest BCUT2D eigenvalue weighted by Gasteiger charge is -2.36. The van der Waals surface area contributed by atoms with Gasteiger partial charge in [0.15, 0.2) is 0 Å². The largest absolute Gasteiger partial charge is 0.523 e. The van der Waals surface area contributed by atoms with Crippen LogP contribution in [0.4, 0.5) is 39.5 Å². The minimum atomic E-state index is -7.19. The van der Waals surface area contributed by atoms with Gasteiger partial charge < -0.3 is 0 Å². The molecular formula is C12H9F9O3S. The molecule has 0 amide bonds. The van der Waals surface area contributed by atoms with Gasteiger partial charge in [-0.1, -0.05) is 29.8 Å². The lowest BCUT2D eigenvalue weighted by Crippen LogP contribution is -2.62. The summed E-state index contributed by atoms with van der Waals surface area (Å²) in [6, 6.07) is 3.77. The van der Waals surface area contributed by atoms with Crippen LogP contribution < -0.4 is 0 Å². The third-order valence-corrected chi connectivity index (χ3v) is 4.10. The predicted octanol–water partition coefficient (Wildman–Crippen LogP) is 4.27. The summed E-state index contributed by atoms with van der Waals surface area (Å²) in [6.07, 6.45) is -15.2. The minimum absolute atomic E-state index is 0.442. The van der Waals surface area contributed by atoms with Gasteiger partial charge in [0.2, 0.25) is 0 Å². The van der Waals surface area contributed by atoms with Crippen molar-refractivity contribution in [2.24, 2.45) is 0 Å². The Kier molecular flexibility index (Phi) is 5.46. The fourth-order valence-electron chi connectivity index (χ4n) is 1.71. The van der Waals surface area contributed by atoms with Gasteiger partial charge in [0.05, 0.1) is 0 Å². The first-order valence-electron chi connectivity index (χ1n) is 6.14. The molecule has 0 aliphatic rings. The van der Waals surface area contributed by atoms with Gasteiger partial charge in [-0.25, -0.2) is 4.18 Å². The van der Waals surface area contributed by atoms with E-state index in [1.165, 1.54) is 6.92 Å². The molecule has 0 spiro atoms. The van der Waals surface area contributed by atoms with E-state index in [1.54, 1.807) is 0 Å². The van der Waals surface area contributed by atoms with Gasteiger partial charge in [0.1, 0.15) is 0 Å². The average Bonchev–Trinajstić information content (AvgIpc) is 2.36. The first-order valence-corrected chi connectivity index (χ1v) is 7.55. The standard InChI is InChI=1S/C12H9F9O3S/c1-7-2-4-8(5-3-7)6-9(10(13,14)15,11(16,17)18)24-25(22,23)12(19,20)21/h2-5H,6H2,1H3. The lowest BCUT2D eigenvalue weighted by molar-refractivity contribution is -0.357.